The van der Waals surface area contributed by atoms with Gasteiger partial charge in [-0.15, -0.1) is 11.3 Å². The molecule has 0 aromatic carbocycles. The fourth-order valence-electron chi connectivity index (χ4n) is 2.14. The molecule has 0 radical (unpaired) electrons. The number of nitrogens with one attached hydrogen (secondary N) is 1. The van der Waals surface area contributed by atoms with Gasteiger partial charge in [-0.3, -0.25) is 4.98 Å². The number of nitrogens with zero attached hydrogens (tertiary/aromatic N) is 2. The van der Waals surface area contributed by atoms with E-state index >= 15 is 0 Å². The summed E-state index contributed by atoms with van der Waals surface area (Å²) in [5, 5.41) is 5.64. The maximum absolute atomic E-state index is 4.59. The highest BCUT2D eigenvalue weighted by Gasteiger charge is 2.08. The van der Waals surface area contributed by atoms with Crippen LogP contribution in [-0.2, 0) is 6.54 Å². The zero-order valence-corrected chi connectivity index (χ0v) is 15.2. The number of thiophene rings is 1. The van der Waals surface area contributed by atoms with Crippen LogP contribution in [0.4, 0.5) is 5.69 Å². The van der Waals surface area contributed by atoms with E-state index in [1.165, 1.54) is 9.35 Å². The van der Waals surface area contributed by atoms with E-state index in [1.54, 1.807) is 11.3 Å². The van der Waals surface area contributed by atoms with E-state index in [2.05, 4.69) is 75.6 Å². The minimum absolute atomic E-state index is 0.303. The van der Waals surface area contributed by atoms with Crippen LogP contribution in [-0.4, -0.2) is 18.6 Å². The molecule has 0 bridgehead atoms. The van der Waals surface area contributed by atoms with Crippen molar-refractivity contribution in [2.24, 2.45) is 0 Å². The van der Waals surface area contributed by atoms with Crippen molar-refractivity contribution in [1.29, 1.82) is 0 Å². The van der Waals surface area contributed by atoms with Crippen LogP contribution in [0.3, 0.4) is 0 Å². The summed E-state index contributed by atoms with van der Waals surface area (Å²) < 4.78 is 1.18. The minimum atomic E-state index is 0.303. The highest BCUT2D eigenvalue weighted by molar-refractivity contribution is 9.11. The van der Waals surface area contributed by atoms with Crippen LogP contribution >= 0.6 is 27.3 Å². The van der Waals surface area contributed by atoms with E-state index < -0.39 is 0 Å². The van der Waals surface area contributed by atoms with E-state index in [9.17, 15) is 0 Å². The van der Waals surface area contributed by atoms with Gasteiger partial charge in [-0.25, -0.2) is 0 Å². The van der Waals surface area contributed by atoms with Crippen molar-refractivity contribution >= 4 is 33.0 Å². The average Bonchev–Trinajstić information content (AvgIpc) is 2.90. The lowest BCUT2D eigenvalue weighted by Gasteiger charge is -2.19. The van der Waals surface area contributed by atoms with Crippen molar-refractivity contribution in [3.8, 4) is 0 Å². The summed E-state index contributed by atoms with van der Waals surface area (Å²) >= 11 is 5.23. The monoisotopic (exact) mass is 367 g/mol. The van der Waals surface area contributed by atoms with E-state index in [-0.39, 0.29) is 0 Å². The molecule has 2 rings (SSSR count). The first-order chi connectivity index (χ1) is 10.1. The zero-order chi connectivity index (χ0) is 15.2. The van der Waals surface area contributed by atoms with Gasteiger partial charge in [0.2, 0.25) is 0 Å². The maximum atomic E-state index is 4.59. The number of rotatable bonds is 7. The van der Waals surface area contributed by atoms with Crippen molar-refractivity contribution in [2.75, 3.05) is 18.5 Å². The molecule has 0 spiro atoms. The second-order valence-electron chi connectivity index (χ2n) is 5.23. The number of aromatic nitrogens is 1. The standard InChI is InChI=1S/C16H22BrN3S/c1-4-7-18-12(2)15-6-5-14(9-19-15)20(3)10-13-8-16(17)21-11-13/h5-6,8-9,11-12,18H,4,7,10H2,1-3H3. The molecule has 0 aliphatic rings. The largest absolute Gasteiger partial charge is 0.369 e. The van der Waals surface area contributed by atoms with Crippen molar-refractivity contribution < 1.29 is 0 Å². The first kappa shape index (κ1) is 16.5. The van der Waals surface area contributed by atoms with Crippen molar-refractivity contribution in [3.05, 3.63) is 44.8 Å². The van der Waals surface area contributed by atoms with Crippen LogP contribution in [0.1, 0.15) is 37.6 Å². The third kappa shape index (κ3) is 4.80. The first-order valence-electron chi connectivity index (χ1n) is 7.23. The van der Waals surface area contributed by atoms with Crippen LogP contribution in [0.2, 0.25) is 0 Å². The zero-order valence-electron chi connectivity index (χ0n) is 12.8. The predicted molar refractivity (Wildman–Crippen MR) is 95.1 cm³/mol. The van der Waals surface area contributed by atoms with Gasteiger partial charge in [-0.2, -0.15) is 0 Å². The summed E-state index contributed by atoms with van der Waals surface area (Å²) in [7, 11) is 2.10. The molecule has 114 valence electrons. The fourth-order valence-corrected chi connectivity index (χ4v) is 3.34. The van der Waals surface area contributed by atoms with Gasteiger partial charge in [-0.05, 0) is 65.0 Å². The Bertz CT molecular complexity index is 553. The number of anilines is 1. The molecule has 2 aromatic rings. The Kier molecular flexibility index (Phi) is 6.21. The van der Waals surface area contributed by atoms with E-state index in [1.807, 2.05) is 6.20 Å². The molecule has 21 heavy (non-hydrogen) atoms. The van der Waals surface area contributed by atoms with Gasteiger partial charge in [0.25, 0.3) is 0 Å². The Balaban J connectivity index is 1.97. The molecule has 0 fully saturated rings. The van der Waals surface area contributed by atoms with Crippen molar-refractivity contribution in [1.82, 2.24) is 10.3 Å². The average molecular weight is 368 g/mol. The summed E-state index contributed by atoms with van der Waals surface area (Å²) in [5.41, 5.74) is 3.55. The summed E-state index contributed by atoms with van der Waals surface area (Å²) in [5.74, 6) is 0. The summed E-state index contributed by atoms with van der Waals surface area (Å²) in [6.07, 6.45) is 3.10. The minimum Gasteiger partial charge on any atom is -0.369 e. The highest BCUT2D eigenvalue weighted by Crippen LogP contribution is 2.23. The van der Waals surface area contributed by atoms with Crippen molar-refractivity contribution in [2.45, 2.75) is 32.9 Å². The molecule has 1 N–H and O–H groups in total. The van der Waals surface area contributed by atoms with Gasteiger partial charge in [0.15, 0.2) is 0 Å². The topological polar surface area (TPSA) is 28.2 Å². The molecule has 0 saturated carbocycles. The normalized spacial score (nSPS) is 12.4. The van der Waals surface area contributed by atoms with Gasteiger partial charge in [0.05, 0.1) is 21.4 Å². The predicted octanol–water partition coefficient (Wildman–Crippen LogP) is 4.60. The fraction of sp³-hybridized carbons (Fsp3) is 0.438. The lowest BCUT2D eigenvalue weighted by atomic mass is 10.2. The Hall–Kier alpha value is -0.910. The molecule has 2 heterocycles. The molecule has 0 aliphatic heterocycles. The van der Waals surface area contributed by atoms with Crippen molar-refractivity contribution in [3.63, 3.8) is 0 Å². The number of halogens is 1. The first-order valence-corrected chi connectivity index (χ1v) is 8.90. The summed E-state index contributed by atoms with van der Waals surface area (Å²) in [6.45, 7) is 6.25. The third-order valence-corrected chi connectivity index (χ3v) is 4.95. The molecule has 1 unspecified atom stereocenters. The molecule has 0 aliphatic carbocycles. The second kappa shape index (κ2) is 7.92. The lowest BCUT2D eigenvalue weighted by molar-refractivity contribution is 0.558. The van der Waals surface area contributed by atoms with Crippen LogP contribution in [0, 0.1) is 0 Å². The summed E-state index contributed by atoms with van der Waals surface area (Å²) in [4.78, 5) is 6.81. The Morgan fingerprint density at radius 2 is 2.24 bits per heavy atom. The van der Waals surface area contributed by atoms with Crippen LogP contribution < -0.4 is 10.2 Å². The lowest BCUT2D eigenvalue weighted by Crippen LogP contribution is -2.21. The number of hydrogen-bond acceptors (Lipinski definition) is 4. The Labute approximate surface area is 139 Å². The molecule has 1 atom stereocenters. The number of hydrogen-bond donors (Lipinski definition) is 1. The molecule has 3 nitrogen and oxygen atoms in total. The third-order valence-electron chi connectivity index (χ3n) is 3.40. The smallest absolute Gasteiger partial charge is 0.0701 e. The summed E-state index contributed by atoms with van der Waals surface area (Å²) in [6, 6.07) is 6.73. The SMILES string of the molecule is CCCNC(C)c1ccc(N(C)Cc2csc(Br)c2)cn1. The molecule has 2 aromatic heterocycles. The Morgan fingerprint density at radius 3 is 2.81 bits per heavy atom. The van der Waals surface area contributed by atoms with Gasteiger partial charge in [0.1, 0.15) is 0 Å². The van der Waals surface area contributed by atoms with Gasteiger partial charge < -0.3 is 10.2 Å². The quantitative estimate of drug-likeness (QED) is 0.774. The maximum Gasteiger partial charge on any atom is 0.0701 e. The van der Waals surface area contributed by atoms with E-state index in [0.717, 1.165) is 30.9 Å². The van der Waals surface area contributed by atoms with Crippen LogP contribution in [0.25, 0.3) is 0 Å². The van der Waals surface area contributed by atoms with Gasteiger partial charge in [0, 0.05) is 19.6 Å². The van der Waals surface area contributed by atoms with Gasteiger partial charge >= 0.3 is 0 Å². The second-order valence-corrected chi connectivity index (χ2v) is 7.52. The molecule has 5 heteroatoms. The molecule has 0 saturated heterocycles. The van der Waals surface area contributed by atoms with Gasteiger partial charge in [-0.1, -0.05) is 6.92 Å². The molecular weight excluding hydrogens is 346 g/mol. The van der Waals surface area contributed by atoms with Crippen LogP contribution in [0.5, 0.6) is 0 Å². The number of pyridine rings is 1. The van der Waals surface area contributed by atoms with E-state index in [0.29, 0.717) is 6.04 Å². The van der Waals surface area contributed by atoms with E-state index in [4.69, 9.17) is 0 Å². The Morgan fingerprint density at radius 1 is 1.43 bits per heavy atom. The molecule has 0 amide bonds. The molecular formula is C16H22BrN3S. The highest BCUT2D eigenvalue weighted by atomic mass is 79.9. The van der Waals surface area contributed by atoms with Crippen LogP contribution in [0.15, 0.2) is 33.6 Å².